The summed E-state index contributed by atoms with van der Waals surface area (Å²) in [6, 6.07) is 8.57. The monoisotopic (exact) mass is 608 g/mol. The van der Waals surface area contributed by atoms with Crippen LogP contribution < -0.4 is 0 Å². The number of alkyl halides is 3. The number of aliphatic carboxylic acids is 1. The number of carboxylic acids is 1. The van der Waals surface area contributed by atoms with Gasteiger partial charge in [0, 0.05) is 34.8 Å². The van der Waals surface area contributed by atoms with Crippen LogP contribution in [0.2, 0.25) is 5.02 Å². The van der Waals surface area contributed by atoms with Gasteiger partial charge < -0.3 is 9.84 Å². The molecule has 0 saturated carbocycles. The number of halogens is 4. The fourth-order valence-corrected chi connectivity index (χ4v) is 6.65. The number of aromatic nitrogens is 1. The van der Waals surface area contributed by atoms with E-state index in [1.807, 2.05) is 12.1 Å². The van der Waals surface area contributed by atoms with Crippen LogP contribution in [0, 0.1) is 13.8 Å². The van der Waals surface area contributed by atoms with Gasteiger partial charge in [0.2, 0.25) is 0 Å². The number of morpholine rings is 1. The number of rotatable bonds is 6. The Morgan fingerprint density at radius 2 is 1.90 bits per heavy atom. The molecule has 1 aromatic heterocycles. The van der Waals surface area contributed by atoms with Gasteiger partial charge in [0.25, 0.3) is 0 Å². The van der Waals surface area contributed by atoms with E-state index >= 15 is 0 Å². The maximum absolute atomic E-state index is 11.9. The lowest BCUT2D eigenvalue weighted by Gasteiger charge is -2.45. The third kappa shape index (κ3) is 9.56. The standard InChI is InChI=1S/C24H31ClN2O3S2.C2HF3O2/c1-16-17(2)31-24(26-16)19-6-10-21(11-7-19)27-13-23(15-32(3,28)29)30-14-22(27)12-18-4-8-20(25)9-5-18;3-2(4,5)1(6)7/h4-6,8-9,21-23H,7,10-15H2,1-3H3;(H,6,7)/t21?,22-,23+;/m0./s1. The van der Waals surface area contributed by atoms with Gasteiger partial charge in [-0.1, -0.05) is 29.8 Å². The molecule has 4 rings (SSSR count). The number of ether oxygens (including phenoxy) is 1. The molecule has 3 atom stereocenters. The fourth-order valence-electron chi connectivity index (χ4n) is 4.66. The third-order valence-corrected chi connectivity index (χ3v) is 9.06. The summed E-state index contributed by atoms with van der Waals surface area (Å²) in [6.45, 7) is 5.38. The van der Waals surface area contributed by atoms with Gasteiger partial charge in [0.1, 0.15) is 14.8 Å². The van der Waals surface area contributed by atoms with Gasteiger partial charge in [-0.25, -0.2) is 18.2 Å². The second-order valence-corrected chi connectivity index (χ2v) is 13.7. The highest BCUT2D eigenvalue weighted by atomic mass is 35.5. The number of hydrogen-bond donors (Lipinski definition) is 1. The molecule has 0 spiro atoms. The molecule has 2 aliphatic rings. The number of carbonyl (C=O) groups is 1. The molecule has 1 aliphatic heterocycles. The van der Waals surface area contributed by atoms with Crippen LogP contribution in [0.25, 0.3) is 5.57 Å². The molecule has 0 amide bonds. The second kappa shape index (κ2) is 13.1. The van der Waals surface area contributed by atoms with Crippen LogP contribution in [-0.2, 0) is 25.8 Å². The Labute approximate surface area is 235 Å². The zero-order valence-electron chi connectivity index (χ0n) is 21.9. The van der Waals surface area contributed by atoms with Crippen molar-refractivity contribution in [2.24, 2.45) is 0 Å². The number of hydrogen-bond acceptors (Lipinski definition) is 7. The summed E-state index contributed by atoms with van der Waals surface area (Å²) in [5.41, 5.74) is 3.68. The van der Waals surface area contributed by atoms with Gasteiger partial charge >= 0.3 is 12.1 Å². The average molecular weight is 609 g/mol. The van der Waals surface area contributed by atoms with Crippen LogP contribution in [0.5, 0.6) is 0 Å². The fraction of sp³-hybridized carbons (Fsp3) is 0.538. The van der Waals surface area contributed by atoms with Crippen molar-refractivity contribution < 1.29 is 36.2 Å². The van der Waals surface area contributed by atoms with Crippen LogP contribution in [0.15, 0.2) is 30.3 Å². The molecule has 1 aromatic carbocycles. The van der Waals surface area contributed by atoms with E-state index in [0.717, 1.165) is 41.4 Å². The maximum atomic E-state index is 11.9. The van der Waals surface area contributed by atoms with Crippen molar-refractivity contribution in [2.45, 2.75) is 63.9 Å². The van der Waals surface area contributed by atoms with E-state index in [1.165, 1.54) is 22.3 Å². The van der Waals surface area contributed by atoms with E-state index in [9.17, 15) is 21.6 Å². The third-order valence-electron chi connectivity index (χ3n) is 6.68. The SMILES string of the molecule is Cc1nc(C2=CCC(N3C[C@H](CS(C)(=O)=O)OC[C@@H]3Cc3ccc(Cl)cc3)CC2)sc1C.O=C(O)C(F)(F)F. The van der Waals surface area contributed by atoms with Crippen LogP contribution in [0.3, 0.4) is 0 Å². The molecule has 0 bridgehead atoms. The average Bonchev–Trinajstić information content (AvgIpc) is 3.18. The quantitative estimate of drug-likeness (QED) is 0.473. The second-order valence-electron chi connectivity index (χ2n) is 9.85. The Morgan fingerprint density at radius 1 is 1.26 bits per heavy atom. The molecule has 7 nitrogen and oxygen atoms in total. The smallest absolute Gasteiger partial charge is 0.475 e. The lowest BCUT2D eigenvalue weighted by atomic mass is 9.91. The van der Waals surface area contributed by atoms with Crippen LogP contribution in [0.1, 0.15) is 40.4 Å². The minimum Gasteiger partial charge on any atom is -0.475 e. The first-order valence-electron chi connectivity index (χ1n) is 12.4. The Morgan fingerprint density at radius 3 is 2.38 bits per heavy atom. The first kappa shape index (κ1) is 31.5. The van der Waals surface area contributed by atoms with E-state index < -0.39 is 22.0 Å². The van der Waals surface area contributed by atoms with E-state index in [-0.39, 0.29) is 17.9 Å². The summed E-state index contributed by atoms with van der Waals surface area (Å²) >= 11 is 7.84. The highest BCUT2D eigenvalue weighted by Gasteiger charge is 2.38. The van der Waals surface area contributed by atoms with E-state index in [1.54, 1.807) is 11.3 Å². The maximum Gasteiger partial charge on any atom is 0.490 e. The van der Waals surface area contributed by atoms with Crippen molar-refractivity contribution >= 4 is 44.3 Å². The first-order chi connectivity index (χ1) is 18.1. The molecular weight excluding hydrogens is 577 g/mol. The van der Waals surface area contributed by atoms with Gasteiger partial charge in [-0.2, -0.15) is 13.2 Å². The number of benzene rings is 1. The number of thiazole rings is 1. The number of sulfone groups is 1. The van der Waals surface area contributed by atoms with E-state index in [4.69, 9.17) is 31.2 Å². The van der Waals surface area contributed by atoms with Gasteiger partial charge in [0.05, 0.1) is 24.2 Å². The Balaban J connectivity index is 0.000000532. The van der Waals surface area contributed by atoms with Crippen molar-refractivity contribution in [3.63, 3.8) is 0 Å². The molecule has 1 N–H and O–H groups in total. The number of nitrogens with zero attached hydrogens (tertiary/aromatic N) is 2. The number of aryl methyl sites for hydroxylation is 2. The van der Waals surface area contributed by atoms with Crippen LogP contribution in [-0.4, -0.2) is 78.9 Å². The summed E-state index contributed by atoms with van der Waals surface area (Å²) in [7, 11) is -3.09. The molecular formula is C26H32ClF3N2O5S2. The van der Waals surface area contributed by atoms with Gasteiger partial charge in [-0.15, -0.1) is 11.3 Å². The minimum atomic E-state index is -5.08. The Kier molecular flexibility index (Phi) is 10.6. The van der Waals surface area contributed by atoms with Crippen molar-refractivity contribution in [1.82, 2.24) is 9.88 Å². The predicted octanol–water partition coefficient (Wildman–Crippen LogP) is 5.34. The molecule has 2 heterocycles. The van der Waals surface area contributed by atoms with Crippen LogP contribution in [0.4, 0.5) is 13.2 Å². The largest absolute Gasteiger partial charge is 0.490 e. The summed E-state index contributed by atoms with van der Waals surface area (Å²) in [4.78, 5) is 17.4. The van der Waals surface area contributed by atoms with Gasteiger partial charge in [-0.3, -0.25) is 4.90 Å². The zero-order chi connectivity index (χ0) is 29.0. The molecule has 1 unspecified atom stereocenters. The van der Waals surface area contributed by atoms with Gasteiger partial charge in [0.15, 0.2) is 0 Å². The molecule has 216 valence electrons. The highest BCUT2D eigenvalue weighted by molar-refractivity contribution is 7.90. The summed E-state index contributed by atoms with van der Waals surface area (Å²) < 4.78 is 61.5. The molecule has 39 heavy (non-hydrogen) atoms. The van der Waals surface area contributed by atoms with Crippen molar-refractivity contribution in [3.8, 4) is 0 Å². The predicted molar refractivity (Wildman–Crippen MR) is 146 cm³/mol. The minimum absolute atomic E-state index is 0.0721. The van der Waals surface area contributed by atoms with Gasteiger partial charge in [-0.05, 0) is 62.8 Å². The molecule has 1 aliphatic carbocycles. The highest BCUT2D eigenvalue weighted by Crippen LogP contribution is 2.34. The van der Waals surface area contributed by atoms with E-state index in [0.29, 0.717) is 19.2 Å². The number of allylic oxidation sites excluding steroid dienone is 1. The van der Waals surface area contributed by atoms with E-state index in [2.05, 4.69) is 37.0 Å². The molecule has 1 fully saturated rings. The molecule has 2 aromatic rings. The van der Waals surface area contributed by atoms with Crippen molar-refractivity contribution in [2.75, 3.05) is 25.2 Å². The normalized spacial score (nSPS) is 22.5. The summed E-state index contributed by atoms with van der Waals surface area (Å²) in [5, 5.41) is 9.00. The van der Waals surface area contributed by atoms with Crippen molar-refractivity contribution in [3.05, 3.63) is 56.5 Å². The van der Waals surface area contributed by atoms with Crippen LogP contribution >= 0.6 is 22.9 Å². The zero-order valence-corrected chi connectivity index (χ0v) is 24.3. The van der Waals surface area contributed by atoms with Crippen molar-refractivity contribution in [1.29, 1.82) is 0 Å². The lowest BCUT2D eigenvalue weighted by Crippen LogP contribution is -2.56. The Bertz CT molecular complexity index is 1260. The molecule has 1 saturated heterocycles. The Hall–Kier alpha value is -1.99. The molecule has 13 heteroatoms. The summed E-state index contributed by atoms with van der Waals surface area (Å²) in [5.74, 6) is -2.68. The molecule has 0 radical (unpaired) electrons. The summed E-state index contributed by atoms with van der Waals surface area (Å²) in [6.07, 6.45) is 2.13. The lowest BCUT2D eigenvalue weighted by molar-refractivity contribution is -0.192. The topological polar surface area (TPSA) is 96.8 Å². The first-order valence-corrected chi connectivity index (χ1v) is 15.6. The number of carboxylic acid groups (broad SMARTS) is 1.